The van der Waals surface area contributed by atoms with Crippen LogP contribution in [0.4, 0.5) is 0 Å². The molecular weight excluding hydrogens is 256 g/mol. The lowest BCUT2D eigenvalue weighted by atomic mass is 9.91. The Morgan fingerprint density at radius 3 is 2.55 bits per heavy atom. The van der Waals surface area contributed by atoms with Gasteiger partial charge in [-0.25, -0.2) is 4.79 Å². The topological polar surface area (TPSA) is 44.8 Å². The number of carbonyl (C=O) groups is 1. The van der Waals surface area contributed by atoms with Gasteiger partial charge in [-0.05, 0) is 12.1 Å². The fraction of sp³-hybridized carbons (Fsp3) is 0.438. The van der Waals surface area contributed by atoms with E-state index >= 15 is 0 Å². The molecule has 0 bridgehead atoms. The second kappa shape index (κ2) is 6.85. The normalized spacial score (nSPS) is 10.6. The number of rotatable bonds is 6. The minimum absolute atomic E-state index is 0.246. The van der Waals surface area contributed by atoms with Crippen LogP contribution in [-0.4, -0.2) is 26.8 Å². The zero-order valence-corrected chi connectivity index (χ0v) is 12.4. The fourth-order valence-corrected chi connectivity index (χ4v) is 1.63. The highest BCUT2D eigenvalue weighted by atomic mass is 16.5. The SMILES string of the molecule is C#CCC(C)(C)COC(=O)c1ccc(OC)cc1OC. The molecule has 0 radical (unpaired) electrons. The van der Waals surface area contributed by atoms with Crippen LogP contribution in [0.15, 0.2) is 18.2 Å². The quantitative estimate of drug-likeness (QED) is 0.592. The Morgan fingerprint density at radius 2 is 2.00 bits per heavy atom. The van der Waals surface area contributed by atoms with Gasteiger partial charge in [-0.2, -0.15) is 0 Å². The minimum Gasteiger partial charge on any atom is -0.497 e. The van der Waals surface area contributed by atoms with Gasteiger partial charge in [0.25, 0.3) is 0 Å². The van der Waals surface area contributed by atoms with Crippen molar-refractivity contribution in [2.24, 2.45) is 5.41 Å². The Hall–Kier alpha value is -2.15. The molecule has 0 amide bonds. The molecule has 0 atom stereocenters. The van der Waals surface area contributed by atoms with Crippen molar-refractivity contribution in [3.63, 3.8) is 0 Å². The molecule has 1 aromatic carbocycles. The zero-order chi connectivity index (χ0) is 15.2. The predicted molar refractivity (Wildman–Crippen MR) is 77.1 cm³/mol. The molecule has 0 aliphatic carbocycles. The summed E-state index contributed by atoms with van der Waals surface area (Å²) in [6, 6.07) is 4.95. The number of benzene rings is 1. The number of methoxy groups -OCH3 is 2. The molecule has 0 fully saturated rings. The largest absolute Gasteiger partial charge is 0.497 e. The van der Waals surface area contributed by atoms with Gasteiger partial charge in [0.2, 0.25) is 0 Å². The van der Waals surface area contributed by atoms with Crippen molar-refractivity contribution in [1.82, 2.24) is 0 Å². The number of ether oxygens (including phenoxy) is 3. The van der Waals surface area contributed by atoms with Crippen molar-refractivity contribution >= 4 is 5.97 Å². The monoisotopic (exact) mass is 276 g/mol. The Balaban J connectivity index is 2.80. The highest BCUT2D eigenvalue weighted by Gasteiger charge is 2.21. The summed E-state index contributed by atoms with van der Waals surface area (Å²) >= 11 is 0. The molecule has 1 aromatic rings. The Labute approximate surface area is 120 Å². The van der Waals surface area contributed by atoms with E-state index < -0.39 is 5.97 Å². The maximum atomic E-state index is 12.1. The van der Waals surface area contributed by atoms with Crippen LogP contribution in [-0.2, 0) is 4.74 Å². The maximum absolute atomic E-state index is 12.1. The van der Waals surface area contributed by atoms with Crippen LogP contribution in [0, 0.1) is 17.8 Å². The van der Waals surface area contributed by atoms with E-state index in [0.29, 0.717) is 23.5 Å². The minimum atomic E-state index is -0.436. The Kier molecular flexibility index (Phi) is 5.45. The Morgan fingerprint density at radius 1 is 1.30 bits per heavy atom. The van der Waals surface area contributed by atoms with Crippen molar-refractivity contribution in [1.29, 1.82) is 0 Å². The first-order chi connectivity index (χ1) is 9.43. The van der Waals surface area contributed by atoms with Gasteiger partial charge >= 0.3 is 5.97 Å². The molecule has 108 valence electrons. The number of hydrogen-bond donors (Lipinski definition) is 0. The first-order valence-electron chi connectivity index (χ1n) is 6.26. The number of carbonyl (C=O) groups excluding carboxylic acids is 1. The summed E-state index contributed by atoms with van der Waals surface area (Å²) < 4.78 is 15.6. The molecule has 20 heavy (non-hydrogen) atoms. The summed E-state index contributed by atoms with van der Waals surface area (Å²) in [5.74, 6) is 3.18. The van der Waals surface area contributed by atoms with E-state index in [2.05, 4.69) is 5.92 Å². The van der Waals surface area contributed by atoms with Crippen LogP contribution in [0.1, 0.15) is 30.6 Å². The highest BCUT2D eigenvalue weighted by Crippen LogP contribution is 2.26. The average molecular weight is 276 g/mol. The summed E-state index contributed by atoms with van der Waals surface area (Å²) in [6.45, 7) is 4.15. The lowest BCUT2D eigenvalue weighted by Crippen LogP contribution is -2.21. The van der Waals surface area contributed by atoms with E-state index in [1.54, 1.807) is 25.3 Å². The summed E-state index contributed by atoms with van der Waals surface area (Å²) in [6.07, 6.45) is 5.83. The summed E-state index contributed by atoms with van der Waals surface area (Å²) in [5, 5.41) is 0. The van der Waals surface area contributed by atoms with Gasteiger partial charge in [-0.15, -0.1) is 12.3 Å². The molecule has 4 heteroatoms. The second-order valence-corrected chi connectivity index (χ2v) is 5.19. The van der Waals surface area contributed by atoms with Crippen LogP contribution in [0.3, 0.4) is 0 Å². The standard InChI is InChI=1S/C16H20O4/c1-6-9-16(2,3)11-20-15(17)13-8-7-12(18-4)10-14(13)19-5/h1,7-8,10H,9,11H2,2-5H3. The van der Waals surface area contributed by atoms with E-state index in [-0.39, 0.29) is 12.0 Å². The van der Waals surface area contributed by atoms with Gasteiger partial charge in [0.05, 0.1) is 20.8 Å². The van der Waals surface area contributed by atoms with Crippen molar-refractivity contribution in [3.05, 3.63) is 23.8 Å². The first kappa shape index (κ1) is 15.9. The zero-order valence-electron chi connectivity index (χ0n) is 12.4. The molecule has 0 saturated heterocycles. The van der Waals surface area contributed by atoms with Gasteiger partial charge in [0, 0.05) is 17.9 Å². The third kappa shape index (κ3) is 4.20. The summed E-state index contributed by atoms with van der Waals surface area (Å²) in [5.41, 5.74) is 0.120. The van der Waals surface area contributed by atoms with E-state index in [1.165, 1.54) is 7.11 Å². The molecular formula is C16H20O4. The highest BCUT2D eigenvalue weighted by molar-refractivity contribution is 5.92. The van der Waals surface area contributed by atoms with E-state index in [0.717, 1.165) is 0 Å². The maximum Gasteiger partial charge on any atom is 0.341 e. The molecule has 0 aliphatic heterocycles. The summed E-state index contributed by atoms with van der Waals surface area (Å²) in [4.78, 5) is 12.1. The molecule has 4 nitrogen and oxygen atoms in total. The van der Waals surface area contributed by atoms with Crippen molar-refractivity contribution in [2.75, 3.05) is 20.8 Å². The second-order valence-electron chi connectivity index (χ2n) is 5.19. The third-order valence-electron chi connectivity index (χ3n) is 2.80. The van der Waals surface area contributed by atoms with Gasteiger partial charge in [0.1, 0.15) is 17.1 Å². The van der Waals surface area contributed by atoms with Crippen molar-refractivity contribution in [2.45, 2.75) is 20.3 Å². The van der Waals surface area contributed by atoms with Gasteiger partial charge in [-0.1, -0.05) is 13.8 Å². The third-order valence-corrected chi connectivity index (χ3v) is 2.80. The number of hydrogen-bond acceptors (Lipinski definition) is 4. The smallest absolute Gasteiger partial charge is 0.341 e. The van der Waals surface area contributed by atoms with Crippen LogP contribution < -0.4 is 9.47 Å². The molecule has 0 saturated carbocycles. The lowest BCUT2D eigenvalue weighted by molar-refractivity contribution is 0.0345. The van der Waals surface area contributed by atoms with Gasteiger partial charge in [0.15, 0.2) is 0 Å². The lowest BCUT2D eigenvalue weighted by Gasteiger charge is -2.21. The average Bonchev–Trinajstić information content (AvgIpc) is 2.44. The van der Waals surface area contributed by atoms with E-state index in [9.17, 15) is 4.79 Å². The molecule has 1 rings (SSSR count). The van der Waals surface area contributed by atoms with Crippen LogP contribution >= 0.6 is 0 Å². The summed E-state index contributed by atoms with van der Waals surface area (Å²) in [7, 11) is 3.04. The molecule has 0 aliphatic rings. The van der Waals surface area contributed by atoms with E-state index in [1.807, 2.05) is 13.8 Å². The van der Waals surface area contributed by atoms with Crippen LogP contribution in [0.2, 0.25) is 0 Å². The molecule has 0 unspecified atom stereocenters. The van der Waals surface area contributed by atoms with Crippen molar-refractivity contribution in [3.8, 4) is 23.8 Å². The predicted octanol–water partition coefficient (Wildman–Crippen LogP) is 2.91. The van der Waals surface area contributed by atoms with Gasteiger partial charge in [-0.3, -0.25) is 0 Å². The van der Waals surface area contributed by atoms with Crippen LogP contribution in [0.5, 0.6) is 11.5 Å². The number of esters is 1. The van der Waals surface area contributed by atoms with E-state index in [4.69, 9.17) is 20.6 Å². The fourth-order valence-electron chi connectivity index (χ4n) is 1.63. The molecule has 0 aromatic heterocycles. The number of terminal acetylenes is 1. The molecule has 0 N–H and O–H groups in total. The van der Waals surface area contributed by atoms with Gasteiger partial charge < -0.3 is 14.2 Å². The van der Waals surface area contributed by atoms with Crippen LogP contribution in [0.25, 0.3) is 0 Å². The molecule has 0 spiro atoms. The van der Waals surface area contributed by atoms with Crippen molar-refractivity contribution < 1.29 is 19.0 Å². The Bertz CT molecular complexity index is 512. The first-order valence-corrected chi connectivity index (χ1v) is 6.26. The molecule has 0 heterocycles.